The van der Waals surface area contributed by atoms with Gasteiger partial charge < -0.3 is 44.9 Å². The minimum atomic E-state index is -0.394. The van der Waals surface area contributed by atoms with E-state index in [1.54, 1.807) is 25.1 Å². The molecule has 0 radical (unpaired) electrons. The molecule has 0 unspecified atom stereocenters. The van der Waals surface area contributed by atoms with Gasteiger partial charge in [-0.2, -0.15) is 0 Å². The normalized spacial score (nSPS) is 18.1. The summed E-state index contributed by atoms with van der Waals surface area (Å²) in [5, 5.41) is 2.90. The van der Waals surface area contributed by atoms with E-state index in [1.165, 1.54) is 11.0 Å². The monoisotopic (exact) mass is 922 g/mol. The van der Waals surface area contributed by atoms with Gasteiger partial charge in [-0.3, -0.25) is 29.0 Å². The van der Waals surface area contributed by atoms with Crippen molar-refractivity contribution in [1.29, 1.82) is 0 Å². The second kappa shape index (κ2) is 22.5. The molecule has 0 aliphatic carbocycles. The lowest BCUT2D eigenvalue weighted by Gasteiger charge is -2.31. The average Bonchev–Trinajstić information content (AvgIpc) is 4.00. The number of ether oxygens (including phenoxy) is 4. The first kappa shape index (κ1) is 49.3. The Morgan fingerprint density at radius 1 is 0.925 bits per heavy atom. The van der Waals surface area contributed by atoms with Crippen molar-refractivity contribution in [3.8, 4) is 0 Å². The molecule has 1 saturated heterocycles. The summed E-state index contributed by atoms with van der Waals surface area (Å²) in [6.07, 6.45) is 4.65. The second-order valence-electron chi connectivity index (χ2n) is 17.6. The molecule has 0 spiro atoms. The lowest BCUT2D eigenvalue weighted by molar-refractivity contribution is -0.130. The number of nitrogens with zero attached hydrogens (tertiary/aromatic N) is 5. The zero-order chi connectivity index (χ0) is 47.8. The van der Waals surface area contributed by atoms with Crippen LogP contribution in [-0.4, -0.2) is 164 Å². The van der Waals surface area contributed by atoms with Crippen LogP contribution in [0, 0.1) is 6.92 Å². The molecule has 0 aromatic carbocycles. The molecule has 5 N–H and O–H groups in total. The van der Waals surface area contributed by atoms with Crippen LogP contribution in [0.25, 0.3) is 33.3 Å². The quantitative estimate of drug-likeness (QED) is 0.0788. The molecular formula is C50H67N9O8. The fraction of sp³-hybridized carbons (Fsp3) is 0.520. The van der Waals surface area contributed by atoms with Crippen LogP contribution in [0.1, 0.15) is 119 Å². The van der Waals surface area contributed by atoms with E-state index in [4.69, 9.17) is 34.6 Å². The number of H-pyrrole nitrogens is 2. The van der Waals surface area contributed by atoms with E-state index >= 15 is 4.79 Å². The van der Waals surface area contributed by atoms with Crippen molar-refractivity contribution in [1.82, 2.24) is 40.0 Å². The van der Waals surface area contributed by atoms with Gasteiger partial charge in [-0.1, -0.05) is 13.8 Å². The average molecular weight is 922 g/mol. The Morgan fingerprint density at radius 3 is 2.36 bits per heavy atom. The number of hydrogen-bond acceptors (Lipinski definition) is 12. The third-order valence-electron chi connectivity index (χ3n) is 13.4. The molecule has 5 aliphatic heterocycles. The van der Waals surface area contributed by atoms with Gasteiger partial charge in [0.15, 0.2) is 0 Å². The first-order valence-corrected chi connectivity index (χ1v) is 23.6. The predicted octanol–water partition coefficient (Wildman–Crippen LogP) is 4.98. The lowest BCUT2D eigenvalue weighted by Crippen LogP contribution is -2.47. The van der Waals surface area contributed by atoms with Gasteiger partial charge in [0.1, 0.15) is 0 Å². The highest BCUT2D eigenvalue weighted by Gasteiger charge is 2.41. The number of hydrogen-bond donors (Lipinski definition) is 4. The van der Waals surface area contributed by atoms with Crippen molar-refractivity contribution in [3.63, 3.8) is 0 Å². The summed E-state index contributed by atoms with van der Waals surface area (Å²) in [5.41, 5.74) is 16.4. The fourth-order valence-electron chi connectivity index (χ4n) is 9.37. The number of nitrogens with one attached hydrogen (secondary N) is 3. The number of morpholine rings is 1. The number of aryl methyl sites for hydroxylation is 1. The predicted molar refractivity (Wildman–Crippen MR) is 258 cm³/mol. The molecule has 5 aliphatic rings. The van der Waals surface area contributed by atoms with E-state index < -0.39 is 5.91 Å². The van der Waals surface area contributed by atoms with Gasteiger partial charge in [0.25, 0.3) is 11.8 Å². The fourth-order valence-corrected chi connectivity index (χ4v) is 9.37. The van der Waals surface area contributed by atoms with Gasteiger partial charge in [-0.05, 0) is 80.2 Å². The van der Waals surface area contributed by atoms with E-state index in [9.17, 15) is 14.4 Å². The van der Waals surface area contributed by atoms with Gasteiger partial charge in [-0.25, -0.2) is 9.97 Å². The van der Waals surface area contributed by atoms with Crippen LogP contribution in [0.15, 0.2) is 30.4 Å². The van der Waals surface area contributed by atoms with Gasteiger partial charge in [0.2, 0.25) is 11.8 Å². The minimum absolute atomic E-state index is 0.0446. The Balaban J connectivity index is 1.35. The maximum Gasteiger partial charge on any atom is 0.264 e. The Kier molecular flexibility index (Phi) is 16.6. The number of aromatic amines is 2. The van der Waals surface area contributed by atoms with Gasteiger partial charge in [0.05, 0.1) is 85.7 Å². The molecular weight excluding hydrogens is 855 g/mol. The van der Waals surface area contributed by atoms with Crippen molar-refractivity contribution < 1.29 is 38.1 Å². The second-order valence-corrected chi connectivity index (χ2v) is 17.6. The number of amides is 4. The van der Waals surface area contributed by atoms with Crippen molar-refractivity contribution in [2.45, 2.75) is 65.7 Å². The lowest BCUT2D eigenvalue weighted by atomic mass is 9.84. The van der Waals surface area contributed by atoms with E-state index in [-0.39, 0.29) is 42.5 Å². The van der Waals surface area contributed by atoms with E-state index in [2.05, 4.69) is 34.0 Å². The van der Waals surface area contributed by atoms with Crippen LogP contribution < -0.4 is 11.1 Å². The first-order valence-electron chi connectivity index (χ1n) is 23.6. The highest BCUT2D eigenvalue weighted by molar-refractivity contribution is 6.23. The van der Waals surface area contributed by atoms with Crippen LogP contribution in [-0.2, 0) is 28.5 Å². The SMILES string of the molecule is CCC1=C(C)c2cc3nc(cc4[nH]c(c5c6[nH]c(cc1n2)c(C)c6C(=O)N(CCN1CCOCC1)C5=O)[C@@H](CCC(=O)N(C)CCN)[C@@H]4C)C(C)=C3/C=C/C(=O)NCCOCCOCCOC. The smallest absolute Gasteiger partial charge is 0.264 e. The molecule has 1 fully saturated rings. The maximum absolute atomic E-state index is 15.1. The van der Waals surface area contributed by atoms with Crippen molar-refractivity contribution in [3.05, 3.63) is 81.2 Å². The van der Waals surface area contributed by atoms with Crippen LogP contribution in [0.3, 0.4) is 0 Å². The molecule has 7 heterocycles. The summed E-state index contributed by atoms with van der Waals surface area (Å²) < 4.78 is 21.6. The Hall–Kier alpha value is -5.56. The number of rotatable bonds is 20. The van der Waals surface area contributed by atoms with Crippen molar-refractivity contribution in [2.24, 2.45) is 5.73 Å². The summed E-state index contributed by atoms with van der Waals surface area (Å²) >= 11 is 0. The Morgan fingerprint density at radius 2 is 1.63 bits per heavy atom. The Labute approximate surface area is 392 Å². The maximum atomic E-state index is 15.1. The van der Waals surface area contributed by atoms with Crippen molar-refractivity contribution >= 4 is 57.0 Å². The standard InChI is InChI=1S/C50H67N9O8/c1-8-34-30(2)38-28-42-35(9-11-43(60)52-14-20-65-25-26-67-24-23-64-7)31(3)37(54-42)27-39-32(4)36(10-12-44(61)57(6)15-13-51)47(55-39)46-48-45(33(5)40(56-48)29-41(34)53-38)49(62)59(50(46)63)17-16-58-18-21-66-22-19-58/h9,11,27-29,32,36,55-56H,8,10,12-26,51H2,1-7H3,(H,52,60)/b11-9+,39-27?,41-29?,42-28?,47-46?/t32-,36-/m0/s1. The summed E-state index contributed by atoms with van der Waals surface area (Å²) in [4.78, 5) is 79.2. The number of allylic oxidation sites excluding steroid dienone is 5. The number of aromatic nitrogens is 4. The molecule has 4 amide bonds. The number of methoxy groups -OCH3 is 1. The molecule has 17 heteroatoms. The molecule has 2 aromatic heterocycles. The zero-order valence-electron chi connectivity index (χ0n) is 40.1. The van der Waals surface area contributed by atoms with Crippen LogP contribution >= 0.6 is 0 Å². The van der Waals surface area contributed by atoms with E-state index in [0.717, 1.165) is 58.0 Å². The topological polar surface area (TPSA) is 210 Å². The van der Waals surface area contributed by atoms with Crippen LogP contribution in [0.5, 0.6) is 0 Å². The Bertz CT molecular complexity index is 2510. The number of nitrogens with two attached hydrogens (primary N) is 1. The van der Waals surface area contributed by atoms with E-state index in [0.29, 0.717) is 125 Å². The number of imide groups is 1. The number of carbonyl (C=O) groups is 4. The first-order chi connectivity index (χ1) is 32.4. The highest BCUT2D eigenvalue weighted by Crippen LogP contribution is 2.45. The van der Waals surface area contributed by atoms with Crippen LogP contribution in [0.4, 0.5) is 0 Å². The number of carbonyl (C=O) groups excluding carboxylic acids is 4. The molecule has 2 aromatic rings. The molecule has 8 bridgehead atoms. The summed E-state index contributed by atoms with van der Waals surface area (Å²) in [7, 11) is 3.37. The number of fused-ring (bicyclic) bond motifs is 8. The molecule has 17 nitrogen and oxygen atoms in total. The van der Waals surface area contributed by atoms with Gasteiger partial charge in [-0.15, -0.1) is 0 Å². The minimum Gasteiger partial charge on any atom is -0.382 e. The highest BCUT2D eigenvalue weighted by atomic mass is 16.5. The third kappa shape index (κ3) is 10.9. The largest absolute Gasteiger partial charge is 0.382 e. The number of likely N-dealkylation sites (N-methyl/N-ethyl adjacent to an activating group) is 1. The summed E-state index contributed by atoms with van der Waals surface area (Å²) in [5.74, 6) is -1.55. The molecule has 67 heavy (non-hydrogen) atoms. The third-order valence-corrected chi connectivity index (χ3v) is 13.4. The van der Waals surface area contributed by atoms with Crippen LogP contribution in [0.2, 0.25) is 0 Å². The van der Waals surface area contributed by atoms with Gasteiger partial charge in [0, 0.05) is 107 Å². The van der Waals surface area contributed by atoms with Gasteiger partial charge >= 0.3 is 0 Å². The molecule has 360 valence electrons. The van der Waals surface area contributed by atoms with Crippen molar-refractivity contribution in [2.75, 3.05) is 106 Å². The summed E-state index contributed by atoms with van der Waals surface area (Å²) in [6.45, 7) is 16.8. The van der Waals surface area contributed by atoms with E-state index in [1.807, 2.05) is 39.0 Å². The molecule has 7 rings (SSSR count). The summed E-state index contributed by atoms with van der Waals surface area (Å²) in [6, 6.07) is 5.94. The molecule has 2 atom stereocenters. The molecule has 0 saturated carbocycles. The zero-order valence-corrected chi connectivity index (χ0v) is 40.1.